The molecule has 156 valence electrons. The number of tetrazole rings is 1. The van der Waals surface area contributed by atoms with E-state index in [4.69, 9.17) is 27.9 Å². The number of nitrogens with zero attached hydrogens (tertiary/aromatic N) is 4. The van der Waals surface area contributed by atoms with Gasteiger partial charge in [-0.2, -0.15) is 4.68 Å². The molecule has 30 heavy (non-hydrogen) atoms. The zero-order valence-corrected chi connectivity index (χ0v) is 17.7. The van der Waals surface area contributed by atoms with Crippen LogP contribution in [0.15, 0.2) is 47.4 Å². The smallest absolute Gasteiger partial charge is 0.340 e. The second-order valence-corrected chi connectivity index (χ2v) is 9.07. The number of carbonyl (C=O) groups excluding carboxylic acids is 1. The van der Waals surface area contributed by atoms with Crippen LogP contribution in [-0.2, 0) is 21.4 Å². The minimum absolute atomic E-state index is 0.0296. The molecule has 4 rings (SSSR count). The molecule has 1 aliphatic rings. The largest absolute Gasteiger partial charge is 0.454 e. The highest BCUT2D eigenvalue weighted by molar-refractivity contribution is 7.89. The molecule has 2 aromatic carbocycles. The number of halogens is 2. The van der Waals surface area contributed by atoms with Crippen LogP contribution in [0.3, 0.4) is 0 Å². The number of hydrogen-bond acceptors (Lipinski definition) is 7. The molecule has 0 amide bonds. The van der Waals surface area contributed by atoms with Gasteiger partial charge in [0, 0.05) is 6.04 Å². The summed E-state index contributed by atoms with van der Waals surface area (Å²) in [6.45, 7) is -0.248. The Kier molecular flexibility index (Phi) is 5.74. The molecule has 0 aliphatic heterocycles. The molecule has 12 heteroatoms. The summed E-state index contributed by atoms with van der Waals surface area (Å²) in [4.78, 5) is 12.4. The molecule has 1 N–H and O–H groups in total. The fourth-order valence-electron chi connectivity index (χ4n) is 2.65. The van der Waals surface area contributed by atoms with Gasteiger partial charge in [-0.1, -0.05) is 41.4 Å². The van der Waals surface area contributed by atoms with Crippen molar-refractivity contribution in [1.82, 2.24) is 24.9 Å². The summed E-state index contributed by atoms with van der Waals surface area (Å²) in [5, 5.41) is 11.2. The van der Waals surface area contributed by atoms with E-state index < -0.39 is 16.0 Å². The van der Waals surface area contributed by atoms with Gasteiger partial charge in [-0.15, -0.1) is 5.10 Å². The molecule has 0 unspecified atom stereocenters. The first-order valence-corrected chi connectivity index (χ1v) is 11.1. The maximum Gasteiger partial charge on any atom is 0.340 e. The molecule has 0 saturated heterocycles. The predicted octanol–water partition coefficient (Wildman–Crippen LogP) is 2.77. The first kappa shape index (κ1) is 20.7. The molecule has 1 heterocycles. The molecular weight excluding hydrogens is 453 g/mol. The monoisotopic (exact) mass is 467 g/mol. The van der Waals surface area contributed by atoms with Crippen LogP contribution in [0.25, 0.3) is 5.69 Å². The Morgan fingerprint density at radius 3 is 2.60 bits per heavy atom. The standard InChI is InChI=1S/C18H15Cl2N5O4S/c19-14-9-15(20)16(30(27,28)22-11-6-7-11)8-13(14)18(26)29-10-17-21-23-24-25(17)12-4-2-1-3-5-12/h1-5,8-9,11,22H,6-7,10H2. The Balaban J connectivity index is 1.55. The maximum atomic E-state index is 12.6. The minimum Gasteiger partial charge on any atom is -0.454 e. The van der Waals surface area contributed by atoms with E-state index in [2.05, 4.69) is 20.2 Å². The topological polar surface area (TPSA) is 116 Å². The van der Waals surface area contributed by atoms with E-state index in [-0.39, 0.29) is 39.0 Å². The lowest BCUT2D eigenvalue weighted by atomic mass is 10.2. The van der Waals surface area contributed by atoms with Crippen molar-refractivity contribution in [3.05, 3.63) is 63.9 Å². The summed E-state index contributed by atoms with van der Waals surface area (Å²) >= 11 is 12.2. The SMILES string of the molecule is O=C(OCc1nnnn1-c1ccccc1)c1cc(S(=O)(=O)NC2CC2)c(Cl)cc1Cl. The Morgan fingerprint density at radius 1 is 1.17 bits per heavy atom. The van der Waals surface area contributed by atoms with Gasteiger partial charge in [0.25, 0.3) is 0 Å². The highest BCUT2D eigenvalue weighted by Crippen LogP contribution is 2.31. The third kappa shape index (κ3) is 4.46. The van der Waals surface area contributed by atoms with Gasteiger partial charge in [-0.05, 0) is 47.5 Å². The number of benzene rings is 2. The molecule has 0 radical (unpaired) electrons. The Morgan fingerprint density at radius 2 is 1.90 bits per heavy atom. The average Bonchev–Trinajstić information content (AvgIpc) is 3.38. The molecule has 1 aromatic heterocycles. The lowest BCUT2D eigenvalue weighted by molar-refractivity contribution is 0.0459. The number of hydrogen-bond donors (Lipinski definition) is 1. The molecule has 1 fully saturated rings. The van der Waals surface area contributed by atoms with E-state index >= 15 is 0 Å². The van der Waals surface area contributed by atoms with Crippen molar-refractivity contribution < 1.29 is 17.9 Å². The molecule has 0 bridgehead atoms. The van der Waals surface area contributed by atoms with E-state index in [1.807, 2.05) is 18.2 Å². The summed E-state index contributed by atoms with van der Waals surface area (Å²) in [6, 6.07) is 11.3. The number of para-hydroxylation sites is 1. The molecule has 0 atom stereocenters. The summed E-state index contributed by atoms with van der Waals surface area (Å²) in [6.07, 6.45) is 1.52. The van der Waals surface area contributed by atoms with Gasteiger partial charge in [-0.3, -0.25) is 0 Å². The second-order valence-electron chi connectivity index (χ2n) is 6.58. The van der Waals surface area contributed by atoms with Crippen molar-refractivity contribution in [3.63, 3.8) is 0 Å². The van der Waals surface area contributed by atoms with Crippen LogP contribution in [0.2, 0.25) is 10.0 Å². The first-order valence-electron chi connectivity index (χ1n) is 8.86. The van der Waals surface area contributed by atoms with E-state index in [1.54, 1.807) is 12.1 Å². The number of aromatic nitrogens is 4. The van der Waals surface area contributed by atoms with Crippen molar-refractivity contribution in [1.29, 1.82) is 0 Å². The van der Waals surface area contributed by atoms with Gasteiger partial charge in [0.2, 0.25) is 10.0 Å². The van der Waals surface area contributed by atoms with Crippen LogP contribution in [0.4, 0.5) is 0 Å². The Bertz CT molecular complexity index is 1200. The molecule has 1 saturated carbocycles. The van der Waals surface area contributed by atoms with Crippen LogP contribution in [0.5, 0.6) is 0 Å². The van der Waals surface area contributed by atoms with Crippen LogP contribution < -0.4 is 4.72 Å². The molecule has 9 nitrogen and oxygen atoms in total. The fourth-order valence-corrected chi connectivity index (χ4v) is 4.80. The number of rotatable bonds is 7. The number of ether oxygens (including phenoxy) is 1. The molecule has 0 spiro atoms. The van der Waals surface area contributed by atoms with E-state index in [0.717, 1.165) is 18.9 Å². The Hall–Kier alpha value is -2.53. The lowest BCUT2D eigenvalue weighted by Crippen LogP contribution is -2.26. The van der Waals surface area contributed by atoms with Crippen LogP contribution >= 0.6 is 23.2 Å². The zero-order chi connectivity index (χ0) is 21.3. The van der Waals surface area contributed by atoms with Crippen molar-refractivity contribution in [2.45, 2.75) is 30.4 Å². The number of esters is 1. The highest BCUT2D eigenvalue weighted by atomic mass is 35.5. The van der Waals surface area contributed by atoms with E-state index in [9.17, 15) is 13.2 Å². The molecule has 3 aromatic rings. The lowest BCUT2D eigenvalue weighted by Gasteiger charge is -2.11. The van der Waals surface area contributed by atoms with Crippen molar-refractivity contribution >= 4 is 39.2 Å². The van der Waals surface area contributed by atoms with E-state index in [0.29, 0.717) is 5.69 Å². The molecular formula is C18H15Cl2N5O4S. The van der Waals surface area contributed by atoms with E-state index in [1.165, 1.54) is 10.7 Å². The number of carbonyl (C=O) groups is 1. The highest BCUT2D eigenvalue weighted by Gasteiger charge is 2.30. The summed E-state index contributed by atoms with van der Waals surface area (Å²) < 4.78 is 34.2. The quantitative estimate of drug-likeness (QED) is 0.530. The van der Waals surface area contributed by atoms with Crippen molar-refractivity contribution in [2.24, 2.45) is 0 Å². The van der Waals surface area contributed by atoms with Gasteiger partial charge in [0.1, 0.15) is 4.90 Å². The van der Waals surface area contributed by atoms with Gasteiger partial charge in [-0.25, -0.2) is 17.9 Å². The maximum absolute atomic E-state index is 12.6. The molecule has 1 aliphatic carbocycles. The summed E-state index contributed by atoms with van der Waals surface area (Å²) in [5.74, 6) is -0.551. The van der Waals surface area contributed by atoms with Crippen molar-refractivity contribution in [2.75, 3.05) is 0 Å². The Labute approximate surface area is 182 Å². The summed E-state index contributed by atoms with van der Waals surface area (Å²) in [7, 11) is -3.89. The second kappa shape index (κ2) is 8.31. The van der Waals surface area contributed by atoms with Gasteiger partial charge >= 0.3 is 5.97 Å². The van der Waals surface area contributed by atoms with Crippen LogP contribution in [-0.4, -0.2) is 40.6 Å². The number of sulfonamides is 1. The first-order chi connectivity index (χ1) is 14.3. The minimum atomic E-state index is -3.89. The van der Waals surface area contributed by atoms with Crippen LogP contribution in [0.1, 0.15) is 29.0 Å². The van der Waals surface area contributed by atoms with Gasteiger partial charge in [0.15, 0.2) is 12.4 Å². The fraction of sp³-hybridized carbons (Fsp3) is 0.222. The number of nitrogens with one attached hydrogen (secondary N) is 1. The van der Waals surface area contributed by atoms with Crippen LogP contribution in [0, 0.1) is 0 Å². The normalized spacial score (nSPS) is 13.9. The van der Waals surface area contributed by atoms with Gasteiger partial charge < -0.3 is 4.74 Å². The average molecular weight is 468 g/mol. The third-order valence-corrected chi connectivity index (χ3v) is 6.60. The predicted molar refractivity (Wildman–Crippen MR) is 108 cm³/mol. The summed E-state index contributed by atoms with van der Waals surface area (Å²) in [5.41, 5.74) is 0.563. The van der Waals surface area contributed by atoms with Crippen molar-refractivity contribution in [3.8, 4) is 5.69 Å². The van der Waals surface area contributed by atoms with Gasteiger partial charge in [0.05, 0.1) is 21.3 Å². The zero-order valence-electron chi connectivity index (χ0n) is 15.3. The third-order valence-electron chi connectivity index (χ3n) is 4.30.